The summed E-state index contributed by atoms with van der Waals surface area (Å²) in [5, 5.41) is 0. The van der Waals surface area contributed by atoms with E-state index < -0.39 is 0 Å². The summed E-state index contributed by atoms with van der Waals surface area (Å²) in [5.41, 5.74) is 0. The van der Waals surface area contributed by atoms with Crippen LogP contribution in [0, 0.1) is 0 Å². The zero-order valence-corrected chi connectivity index (χ0v) is 26.1. The molecule has 0 spiro atoms. The number of hydrogen-bond donors (Lipinski definition) is 1. The molecule has 1 unspecified atom stereocenters. The molecule has 2 nitrogen and oxygen atoms in total. The van der Waals surface area contributed by atoms with Crippen LogP contribution in [-0.4, -0.2) is 4.98 Å². The molecule has 0 radical (unpaired) electrons. The van der Waals surface area contributed by atoms with Gasteiger partial charge in [-0.15, -0.1) is 0 Å². The molecule has 218 valence electrons. The van der Waals surface area contributed by atoms with E-state index in [0.717, 1.165) is 0 Å². The third kappa shape index (κ3) is 18.2. The monoisotopic (exact) mass is 518 g/mol. The molecule has 0 aliphatic carbocycles. The molecule has 1 aromatic rings. The highest BCUT2D eigenvalue weighted by Gasteiger charge is 2.25. The molecule has 0 saturated heterocycles. The number of unbranched alkanes of at least 4 members (excludes halogenated alkanes) is 20. The average Bonchev–Trinajstić information content (AvgIpc) is 3.40. The number of imidazole rings is 1. The number of hydrogen-bond acceptors (Lipinski definition) is 0. The van der Waals surface area contributed by atoms with Gasteiger partial charge < -0.3 is 0 Å². The minimum atomic E-state index is 0.622. The van der Waals surface area contributed by atoms with Crippen molar-refractivity contribution in [2.45, 2.75) is 207 Å². The number of H-pyrrole nitrogens is 1. The van der Waals surface area contributed by atoms with E-state index in [0.29, 0.717) is 12.0 Å². The number of aromatic nitrogens is 2. The third-order valence-corrected chi connectivity index (χ3v) is 8.64. The molecular weight excluding hydrogens is 448 g/mol. The Kier molecular flexibility index (Phi) is 23.6. The molecule has 1 rings (SSSR count). The SMILES string of the molecule is CCCCCCCCCCCCCCCCCC(C)[n+]1cc[nH]c1C(CCCCCC)CCCCCC. The Morgan fingerprint density at radius 3 is 1.30 bits per heavy atom. The summed E-state index contributed by atoms with van der Waals surface area (Å²) in [6, 6.07) is 0.622. The second-order valence-electron chi connectivity index (χ2n) is 12.2. The standard InChI is InChI=1S/C35H68N2/c1-5-8-11-14-15-16-17-18-19-20-21-22-23-24-25-28-33(4)37-32-31-36-35(37)34(29-26-12-9-6-2)30-27-13-10-7-3/h31-34H,5-30H2,1-4H3/p+1. The first-order valence-corrected chi connectivity index (χ1v) is 17.3. The van der Waals surface area contributed by atoms with E-state index in [4.69, 9.17) is 0 Å². The van der Waals surface area contributed by atoms with Gasteiger partial charge in [0.15, 0.2) is 0 Å². The summed E-state index contributed by atoms with van der Waals surface area (Å²) >= 11 is 0. The fourth-order valence-corrected chi connectivity index (χ4v) is 6.07. The van der Waals surface area contributed by atoms with Crippen molar-refractivity contribution in [2.75, 3.05) is 0 Å². The van der Waals surface area contributed by atoms with Gasteiger partial charge in [0, 0.05) is 0 Å². The van der Waals surface area contributed by atoms with Crippen LogP contribution < -0.4 is 4.57 Å². The second kappa shape index (κ2) is 25.5. The first-order valence-electron chi connectivity index (χ1n) is 17.3. The van der Waals surface area contributed by atoms with E-state index in [1.807, 2.05) is 0 Å². The molecule has 0 amide bonds. The van der Waals surface area contributed by atoms with E-state index in [9.17, 15) is 0 Å². The van der Waals surface area contributed by atoms with Crippen LogP contribution in [0.1, 0.15) is 212 Å². The maximum atomic E-state index is 3.69. The van der Waals surface area contributed by atoms with E-state index in [2.05, 4.69) is 49.6 Å². The molecule has 1 N–H and O–H groups in total. The fourth-order valence-electron chi connectivity index (χ4n) is 6.07. The molecule has 1 heterocycles. The van der Waals surface area contributed by atoms with E-state index in [1.165, 1.54) is 173 Å². The summed E-state index contributed by atoms with van der Waals surface area (Å²) in [5.74, 6) is 2.23. The normalized spacial score (nSPS) is 12.6. The van der Waals surface area contributed by atoms with Crippen molar-refractivity contribution in [3.63, 3.8) is 0 Å². The Labute approximate surface area is 234 Å². The van der Waals surface area contributed by atoms with E-state index >= 15 is 0 Å². The van der Waals surface area contributed by atoms with Gasteiger partial charge in [0.25, 0.3) is 5.82 Å². The van der Waals surface area contributed by atoms with Gasteiger partial charge in [0.05, 0.1) is 12.0 Å². The zero-order valence-electron chi connectivity index (χ0n) is 26.1. The fraction of sp³-hybridized carbons (Fsp3) is 0.914. The van der Waals surface area contributed by atoms with Crippen LogP contribution >= 0.6 is 0 Å². The smallest absolute Gasteiger partial charge is 0.247 e. The molecule has 0 aliphatic heterocycles. The van der Waals surface area contributed by atoms with E-state index in [-0.39, 0.29) is 0 Å². The maximum absolute atomic E-state index is 3.69. The summed E-state index contributed by atoms with van der Waals surface area (Å²) < 4.78 is 2.61. The van der Waals surface area contributed by atoms with Gasteiger partial charge in [0.1, 0.15) is 12.4 Å². The molecular formula is C35H69N2+. The van der Waals surface area contributed by atoms with Crippen LogP contribution in [0.15, 0.2) is 12.4 Å². The van der Waals surface area contributed by atoms with E-state index in [1.54, 1.807) is 0 Å². The Bertz CT molecular complexity index is 566. The molecule has 0 fully saturated rings. The molecule has 37 heavy (non-hydrogen) atoms. The van der Waals surface area contributed by atoms with Crippen molar-refractivity contribution < 1.29 is 4.57 Å². The quantitative estimate of drug-likeness (QED) is 0.0842. The van der Waals surface area contributed by atoms with Crippen molar-refractivity contribution in [1.29, 1.82) is 0 Å². The summed E-state index contributed by atoms with van der Waals surface area (Å²) in [7, 11) is 0. The molecule has 1 atom stereocenters. The molecule has 0 saturated carbocycles. The largest absolute Gasteiger partial charge is 0.257 e. The highest BCUT2D eigenvalue weighted by atomic mass is 15.1. The molecule has 1 aromatic heterocycles. The van der Waals surface area contributed by atoms with Crippen LogP contribution in [0.2, 0.25) is 0 Å². The summed E-state index contributed by atoms with van der Waals surface area (Å²) in [6.45, 7) is 9.40. The highest BCUT2D eigenvalue weighted by Crippen LogP contribution is 2.27. The molecule has 0 aromatic carbocycles. The lowest BCUT2D eigenvalue weighted by atomic mass is 9.93. The van der Waals surface area contributed by atoms with Crippen molar-refractivity contribution in [1.82, 2.24) is 4.98 Å². The van der Waals surface area contributed by atoms with Crippen LogP contribution in [0.3, 0.4) is 0 Å². The first kappa shape index (κ1) is 34.2. The topological polar surface area (TPSA) is 19.7 Å². The average molecular weight is 518 g/mol. The Balaban J connectivity index is 2.21. The highest BCUT2D eigenvalue weighted by molar-refractivity contribution is 4.90. The van der Waals surface area contributed by atoms with Gasteiger partial charge in [0.2, 0.25) is 0 Å². The van der Waals surface area contributed by atoms with Gasteiger partial charge in [-0.1, -0.05) is 162 Å². The second-order valence-corrected chi connectivity index (χ2v) is 12.2. The number of nitrogens with one attached hydrogen (secondary N) is 1. The lowest BCUT2D eigenvalue weighted by Crippen LogP contribution is -2.41. The minimum Gasteiger partial charge on any atom is -0.247 e. The number of aromatic amines is 1. The van der Waals surface area contributed by atoms with Crippen LogP contribution in [-0.2, 0) is 0 Å². The van der Waals surface area contributed by atoms with Crippen LogP contribution in [0.4, 0.5) is 0 Å². The van der Waals surface area contributed by atoms with Crippen molar-refractivity contribution in [3.8, 4) is 0 Å². The maximum Gasteiger partial charge on any atom is 0.257 e. The summed E-state index contributed by atoms with van der Waals surface area (Å²) in [4.78, 5) is 3.69. The number of rotatable bonds is 28. The Morgan fingerprint density at radius 1 is 0.514 bits per heavy atom. The van der Waals surface area contributed by atoms with Gasteiger partial charge >= 0.3 is 0 Å². The third-order valence-electron chi connectivity index (χ3n) is 8.64. The van der Waals surface area contributed by atoms with Crippen molar-refractivity contribution in [3.05, 3.63) is 18.2 Å². The van der Waals surface area contributed by atoms with Crippen LogP contribution in [0.5, 0.6) is 0 Å². The van der Waals surface area contributed by atoms with Gasteiger partial charge in [-0.2, -0.15) is 0 Å². The Morgan fingerprint density at radius 2 is 0.865 bits per heavy atom. The van der Waals surface area contributed by atoms with Gasteiger partial charge in [-0.3, -0.25) is 0 Å². The molecule has 0 bridgehead atoms. The van der Waals surface area contributed by atoms with Gasteiger partial charge in [-0.25, -0.2) is 9.55 Å². The van der Waals surface area contributed by atoms with Crippen LogP contribution in [0.25, 0.3) is 0 Å². The lowest BCUT2D eigenvalue weighted by molar-refractivity contribution is -0.727. The van der Waals surface area contributed by atoms with Gasteiger partial charge in [-0.05, 0) is 32.6 Å². The lowest BCUT2D eigenvalue weighted by Gasteiger charge is -2.17. The number of nitrogens with zero attached hydrogens (tertiary/aromatic N) is 1. The minimum absolute atomic E-state index is 0.622. The Hall–Kier alpha value is -0.790. The molecule has 0 aliphatic rings. The predicted octanol–water partition coefficient (Wildman–Crippen LogP) is 12.1. The predicted molar refractivity (Wildman–Crippen MR) is 166 cm³/mol. The summed E-state index contributed by atoms with van der Waals surface area (Å²) in [6.07, 6.45) is 41.3. The van der Waals surface area contributed by atoms with Crippen molar-refractivity contribution in [2.24, 2.45) is 0 Å². The first-order chi connectivity index (χ1) is 18.2. The molecule has 2 heteroatoms. The van der Waals surface area contributed by atoms with Crippen molar-refractivity contribution >= 4 is 0 Å². The zero-order chi connectivity index (χ0) is 26.8.